The number of hydrogen-bond acceptors (Lipinski definition) is 2. The van der Waals surface area contributed by atoms with Crippen molar-refractivity contribution in [2.24, 2.45) is 0 Å². The summed E-state index contributed by atoms with van der Waals surface area (Å²) in [5, 5.41) is 0.635. The molecule has 2 nitrogen and oxygen atoms in total. The van der Waals surface area contributed by atoms with E-state index < -0.39 is 13.0 Å². The van der Waals surface area contributed by atoms with Gasteiger partial charge in [0.2, 0.25) is 5.95 Å². The minimum Gasteiger partial charge on any atom is -0.494 e. The molecule has 1 heterocycles. The molecule has 0 spiro atoms. The second kappa shape index (κ2) is 3.01. The van der Waals surface area contributed by atoms with Crippen molar-refractivity contribution in [2.45, 2.75) is 0 Å². The lowest BCUT2D eigenvalue weighted by atomic mass is 10.1. The molecule has 0 unspecified atom stereocenters. The van der Waals surface area contributed by atoms with Crippen LogP contribution in [0.2, 0.25) is 0 Å². The molecule has 0 aliphatic rings. The van der Waals surface area contributed by atoms with E-state index in [4.69, 9.17) is 8.85 Å². The fourth-order valence-electron chi connectivity index (χ4n) is 1.21. The van der Waals surface area contributed by atoms with Gasteiger partial charge < -0.3 is 4.74 Å². The highest BCUT2D eigenvalue weighted by Crippen LogP contribution is 2.25. The smallest absolute Gasteiger partial charge is 0.220 e. The highest BCUT2D eigenvalue weighted by Gasteiger charge is 2.05. The third kappa shape index (κ3) is 1.22. The van der Waals surface area contributed by atoms with Crippen molar-refractivity contribution >= 4 is 10.8 Å². The summed E-state index contributed by atoms with van der Waals surface area (Å²) >= 11 is 0. The highest BCUT2D eigenvalue weighted by molar-refractivity contribution is 5.87. The number of ether oxygens (including phenoxy) is 1. The van der Waals surface area contributed by atoms with Gasteiger partial charge in [-0.25, -0.2) is 4.98 Å². The summed E-state index contributed by atoms with van der Waals surface area (Å²) in [6.45, 7) is 0. The Kier molecular flexibility index (Phi) is 1.20. The van der Waals surface area contributed by atoms with Crippen molar-refractivity contribution in [3.05, 3.63) is 36.4 Å². The first-order valence-electron chi connectivity index (χ1n) is 5.20. The van der Waals surface area contributed by atoms with E-state index in [1.54, 1.807) is 18.2 Å². The third-order valence-electron chi connectivity index (χ3n) is 1.82. The predicted octanol–water partition coefficient (Wildman–Crippen LogP) is 2.38. The highest BCUT2D eigenvalue weighted by atomic mass is 19.1. The maximum absolute atomic E-state index is 13.3. The molecule has 0 saturated heterocycles. The lowest BCUT2D eigenvalue weighted by Crippen LogP contribution is -1.90. The van der Waals surface area contributed by atoms with Crippen molar-refractivity contribution in [1.29, 1.82) is 0 Å². The molecule has 3 heteroatoms. The molecule has 0 aliphatic heterocycles. The number of rotatable bonds is 1. The van der Waals surface area contributed by atoms with Gasteiger partial charge in [0.05, 0.1) is 17.3 Å². The second-order valence-electron chi connectivity index (χ2n) is 2.56. The Morgan fingerprint density at radius 2 is 2.15 bits per heavy atom. The molecule has 0 N–H and O–H groups in total. The maximum atomic E-state index is 13.3. The largest absolute Gasteiger partial charge is 0.494 e. The molecule has 13 heavy (non-hydrogen) atoms. The van der Waals surface area contributed by atoms with E-state index in [0.717, 1.165) is 6.20 Å². The van der Waals surface area contributed by atoms with Gasteiger partial charge in [-0.05, 0) is 6.07 Å². The standard InChI is InChI=1S/C10H8FNO/c1-13-9-6-12-10(11)8-5-3-2-4-7(8)9/h2-6H,1H3/i1D3. The number of nitrogens with zero attached hydrogens (tertiary/aromatic N) is 1. The molecule has 0 radical (unpaired) electrons. The summed E-state index contributed by atoms with van der Waals surface area (Å²) in [5.41, 5.74) is 0. The average molecular weight is 180 g/mol. The van der Waals surface area contributed by atoms with Crippen LogP contribution in [0.3, 0.4) is 0 Å². The zero-order chi connectivity index (χ0) is 11.8. The van der Waals surface area contributed by atoms with E-state index in [9.17, 15) is 4.39 Å². The van der Waals surface area contributed by atoms with E-state index in [0.29, 0.717) is 5.39 Å². The third-order valence-corrected chi connectivity index (χ3v) is 1.82. The van der Waals surface area contributed by atoms with Gasteiger partial charge in [0.1, 0.15) is 5.75 Å². The molecule has 2 aromatic rings. The zero-order valence-electron chi connectivity index (χ0n) is 9.62. The van der Waals surface area contributed by atoms with Crippen LogP contribution in [-0.2, 0) is 0 Å². The summed E-state index contributed by atoms with van der Waals surface area (Å²) in [4.78, 5) is 3.45. The van der Waals surface area contributed by atoms with Gasteiger partial charge in [-0.2, -0.15) is 4.39 Å². The Labute approximate surface area is 79.2 Å². The molecule has 0 amide bonds. The SMILES string of the molecule is [2H]C([2H])([2H])Oc1cnc(F)c2ccccc12. The fraction of sp³-hybridized carbons (Fsp3) is 0.100. The number of halogens is 1. The van der Waals surface area contributed by atoms with E-state index >= 15 is 0 Å². The Hall–Kier alpha value is -1.64. The molecule has 1 aromatic heterocycles. The van der Waals surface area contributed by atoms with Gasteiger partial charge in [0, 0.05) is 10.8 Å². The van der Waals surface area contributed by atoms with E-state index in [2.05, 4.69) is 4.98 Å². The van der Waals surface area contributed by atoms with Crippen molar-refractivity contribution < 1.29 is 13.2 Å². The molecular formula is C10H8FNO. The summed E-state index contributed by atoms with van der Waals surface area (Å²) in [5.74, 6) is -0.592. The van der Waals surface area contributed by atoms with Crippen molar-refractivity contribution in [2.75, 3.05) is 7.04 Å². The summed E-state index contributed by atoms with van der Waals surface area (Å²) in [7, 11) is -2.57. The maximum Gasteiger partial charge on any atom is 0.220 e. The van der Waals surface area contributed by atoms with E-state index in [1.807, 2.05) is 0 Å². The molecule has 0 fully saturated rings. The summed E-state index contributed by atoms with van der Waals surface area (Å²) in [6.07, 6.45) is 1.07. The van der Waals surface area contributed by atoms with Crippen LogP contribution in [0.1, 0.15) is 4.11 Å². The normalized spacial score (nSPS) is 14.7. The van der Waals surface area contributed by atoms with Crippen LogP contribution < -0.4 is 4.74 Å². The molecular weight excluding hydrogens is 169 g/mol. The number of methoxy groups -OCH3 is 1. The lowest BCUT2D eigenvalue weighted by Gasteiger charge is -2.04. The summed E-state index contributed by atoms with van der Waals surface area (Å²) < 4.78 is 39.0. The van der Waals surface area contributed by atoms with Crippen molar-refractivity contribution in [1.82, 2.24) is 4.98 Å². The van der Waals surface area contributed by atoms with Crippen LogP contribution in [0.15, 0.2) is 30.5 Å². The average Bonchev–Trinajstić information content (AvgIpc) is 2.21. The van der Waals surface area contributed by atoms with Crippen LogP contribution in [0.4, 0.5) is 4.39 Å². The number of pyridine rings is 1. The number of benzene rings is 1. The van der Waals surface area contributed by atoms with Crippen LogP contribution in [0.25, 0.3) is 10.8 Å². The van der Waals surface area contributed by atoms with Crippen LogP contribution >= 0.6 is 0 Å². The van der Waals surface area contributed by atoms with Crippen LogP contribution in [-0.4, -0.2) is 12.0 Å². The molecule has 1 aromatic carbocycles. The molecule has 2 rings (SSSR count). The monoisotopic (exact) mass is 180 g/mol. The van der Waals surface area contributed by atoms with Gasteiger partial charge in [-0.15, -0.1) is 0 Å². The molecule has 66 valence electrons. The van der Waals surface area contributed by atoms with Gasteiger partial charge in [0.25, 0.3) is 0 Å². The molecule has 0 bridgehead atoms. The van der Waals surface area contributed by atoms with Crippen LogP contribution in [0, 0.1) is 5.95 Å². The first-order valence-corrected chi connectivity index (χ1v) is 3.70. The van der Waals surface area contributed by atoms with E-state index in [-0.39, 0.29) is 11.1 Å². The van der Waals surface area contributed by atoms with Crippen molar-refractivity contribution in [3.8, 4) is 5.75 Å². The minimum absolute atomic E-state index is 0.0528. The first kappa shape index (κ1) is 5.17. The van der Waals surface area contributed by atoms with Gasteiger partial charge >= 0.3 is 0 Å². The fourth-order valence-corrected chi connectivity index (χ4v) is 1.21. The number of hydrogen-bond donors (Lipinski definition) is 0. The molecule has 0 atom stereocenters. The molecule has 0 saturated carbocycles. The van der Waals surface area contributed by atoms with E-state index in [1.165, 1.54) is 6.07 Å². The Morgan fingerprint density at radius 1 is 1.38 bits per heavy atom. The second-order valence-corrected chi connectivity index (χ2v) is 2.56. The lowest BCUT2D eigenvalue weighted by molar-refractivity contribution is 0.416. The van der Waals surface area contributed by atoms with Crippen molar-refractivity contribution in [3.63, 3.8) is 0 Å². The Balaban J connectivity index is 2.59. The first-order chi connectivity index (χ1) is 7.47. The van der Waals surface area contributed by atoms with Gasteiger partial charge in [-0.3, -0.25) is 0 Å². The number of aromatic nitrogens is 1. The Bertz CT molecular complexity index is 527. The number of fused-ring (bicyclic) bond motifs is 1. The van der Waals surface area contributed by atoms with Crippen LogP contribution in [0.5, 0.6) is 5.75 Å². The van der Waals surface area contributed by atoms with Gasteiger partial charge in [-0.1, -0.05) is 18.2 Å². The quantitative estimate of drug-likeness (QED) is 0.628. The zero-order valence-corrected chi connectivity index (χ0v) is 6.62. The predicted molar refractivity (Wildman–Crippen MR) is 48.3 cm³/mol. The minimum atomic E-state index is -2.57. The topological polar surface area (TPSA) is 22.1 Å². The summed E-state index contributed by atoms with van der Waals surface area (Å²) in [6, 6.07) is 6.42. The molecule has 0 aliphatic carbocycles. The van der Waals surface area contributed by atoms with Gasteiger partial charge in [0.15, 0.2) is 0 Å². The Morgan fingerprint density at radius 3 is 2.92 bits per heavy atom.